The van der Waals surface area contributed by atoms with Crippen LogP contribution in [-0.4, -0.2) is 35.6 Å². The number of urea groups is 1. The van der Waals surface area contributed by atoms with Crippen molar-refractivity contribution in [3.05, 3.63) is 97.7 Å². The lowest BCUT2D eigenvalue weighted by atomic mass is 9.91. The van der Waals surface area contributed by atoms with Crippen molar-refractivity contribution < 1.29 is 19.1 Å². The molecule has 1 atom stereocenters. The maximum Gasteiger partial charge on any atom is 0.338 e. The fraction of sp³-hybridized carbons (Fsp3) is 0.222. The third-order valence-electron chi connectivity index (χ3n) is 5.85. The van der Waals surface area contributed by atoms with Crippen molar-refractivity contribution in [3.63, 3.8) is 0 Å². The lowest BCUT2D eigenvalue weighted by Gasteiger charge is -2.37. The number of hydrogen-bond donors (Lipinski definition) is 1. The Morgan fingerprint density at radius 2 is 1.89 bits per heavy atom. The molecule has 7 nitrogen and oxygen atoms in total. The Morgan fingerprint density at radius 1 is 1.14 bits per heavy atom. The first-order valence-electron chi connectivity index (χ1n) is 11.3. The predicted molar refractivity (Wildman–Crippen MR) is 144 cm³/mol. The van der Waals surface area contributed by atoms with E-state index < -0.39 is 12.0 Å². The van der Waals surface area contributed by atoms with Crippen LogP contribution in [0.25, 0.3) is 5.70 Å². The largest absolute Gasteiger partial charge is 0.497 e. The number of aromatic nitrogens is 1. The average Bonchev–Trinajstić information content (AvgIpc) is 2.88. The SMILES string of the molecule is CCOC(=O)C1=C(c2cccnc2)N(Cc2ccc(OC)cc2)C(=O)NC1c1cc(Br)c(C)cc1Br. The number of nitrogens with one attached hydrogen (secondary N) is 1. The summed E-state index contributed by atoms with van der Waals surface area (Å²) in [5.74, 6) is 0.205. The smallest absolute Gasteiger partial charge is 0.338 e. The molecule has 0 aliphatic carbocycles. The molecule has 1 aliphatic heterocycles. The number of nitrogens with zero attached hydrogens (tertiary/aromatic N) is 2. The predicted octanol–water partition coefficient (Wildman–Crippen LogP) is 6.16. The summed E-state index contributed by atoms with van der Waals surface area (Å²) in [6.45, 7) is 4.15. The van der Waals surface area contributed by atoms with Crippen molar-refractivity contribution in [2.75, 3.05) is 13.7 Å². The molecular formula is C27H25Br2N3O4. The maximum absolute atomic E-state index is 13.6. The number of aryl methyl sites for hydroxylation is 1. The van der Waals surface area contributed by atoms with E-state index in [1.165, 1.54) is 0 Å². The van der Waals surface area contributed by atoms with Crippen LogP contribution >= 0.6 is 31.9 Å². The van der Waals surface area contributed by atoms with Crippen LogP contribution in [0.1, 0.15) is 35.2 Å². The lowest BCUT2D eigenvalue weighted by Crippen LogP contribution is -2.47. The summed E-state index contributed by atoms with van der Waals surface area (Å²) in [7, 11) is 1.60. The van der Waals surface area contributed by atoms with E-state index in [1.54, 1.807) is 37.4 Å². The summed E-state index contributed by atoms with van der Waals surface area (Å²) in [6, 6.07) is 13.8. The molecule has 1 unspecified atom stereocenters. The number of esters is 1. The fourth-order valence-electron chi connectivity index (χ4n) is 4.08. The van der Waals surface area contributed by atoms with Gasteiger partial charge in [0.2, 0.25) is 0 Å². The highest BCUT2D eigenvalue weighted by Gasteiger charge is 2.40. The molecule has 0 radical (unpaired) electrons. The standard InChI is InChI=1S/C27H25Br2N3O4/c1-4-36-26(33)23-24(20-13-21(28)16(2)12-22(20)29)31-27(34)32(25(23)18-6-5-11-30-14-18)15-17-7-9-19(35-3)10-8-17/h5-14,24H,4,15H2,1-3H3,(H,31,34). The monoisotopic (exact) mass is 613 g/mol. The number of methoxy groups -OCH3 is 1. The molecule has 2 amide bonds. The molecule has 1 N–H and O–H groups in total. The van der Waals surface area contributed by atoms with Gasteiger partial charge in [0.15, 0.2) is 0 Å². The topological polar surface area (TPSA) is 80.8 Å². The van der Waals surface area contributed by atoms with Crippen molar-refractivity contribution in [2.45, 2.75) is 26.4 Å². The van der Waals surface area contributed by atoms with E-state index in [1.807, 2.05) is 49.4 Å². The molecular weight excluding hydrogens is 590 g/mol. The van der Waals surface area contributed by atoms with Gasteiger partial charge in [-0.1, -0.05) is 44.0 Å². The second-order valence-corrected chi connectivity index (χ2v) is 9.87. The third kappa shape index (κ3) is 5.32. The Kier molecular flexibility index (Phi) is 8.11. The van der Waals surface area contributed by atoms with Gasteiger partial charge in [-0.2, -0.15) is 0 Å². The number of rotatable bonds is 7. The van der Waals surface area contributed by atoms with Crippen LogP contribution in [0.2, 0.25) is 0 Å². The highest BCUT2D eigenvalue weighted by molar-refractivity contribution is 9.11. The van der Waals surface area contributed by atoms with Crippen molar-refractivity contribution in [2.24, 2.45) is 0 Å². The minimum atomic E-state index is -0.745. The number of hydrogen-bond acceptors (Lipinski definition) is 5. The summed E-state index contributed by atoms with van der Waals surface area (Å²) in [6.07, 6.45) is 3.29. The zero-order valence-corrected chi connectivity index (χ0v) is 23.2. The Bertz CT molecular complexity index is 1310. The minimum Gasteiger partial charge on any atom is -0.497 e. The van der Waals surface area contributed by atoms with E-state index in [2.05, 4.69) is 42.2 Å². The van der Waals surface area contributed by atoms with Crippen LogP contribution in [-0.2, 0) is 16.1 Å². The fourth-order valence-corrected chi connectivity index (χ4v) is 5.12. The van der Waals surface area contributed by atoms with Gasteiger partial charge in [0.25, 0.3) is 0 Å². The number of carbonyl (C=O) groups excluding carboxylic acids is 2. The number of benzene rings is 2. The van der Waals surface area contributed by atoms with Gasteiger partial charge in [0.1, 0.15) is 5.75 Å². The highest BCUT2D eigenvalue weighted by atomic mass is 79.9. The number of amides is 2. The van der Waals surface area contributed by atoms with Crippen molar-refractivity contribution in [1.82, 2.24) is 15.2 Å². The molecule has 2 heterocycles. The number of halogens is 2. The normalized spacial score (nSPS) is 15.5. The van der Waals surface area contributed by atoms with Crippen molar-refractivity contribution in [3.8, 4) is 5.75 Å². The molecule has 0 saturated heterocycles. The van der Waals surface area contributed by atoms with Gasteiger partial charge in [-0.05, 0) is 66.9 Å². The van der Waals surface area contributed by atoms with Crippen LogP contribution < -0.4 is 10.1 Å². The number of carbonyl (C=O) groups is 2. The number of pyridine rings is 1. The Hall–Kier alpha value is -3.17. The van der Waals surface area contributed by atoms with Crippen LogP contribution in [0.4, 0.5) is 4.79 Å². The molecule has 1 aliphatic rings. The van der Waals surface area contributed by atoms with Gasteiger partial charge in [-0.3, -0.25) is 9.88 Å². The first kappa shape index (κ1) is 25.9. The molecule has 0 spiro atoms. The van der Waals surface area contributed by atoms with Crippen molar-refractivity contribution >= 4 is 49.6 Å². The van der Waals surface area contributed by atoms with Crippen LogP contribution in [0.15, 0.2) is 75.4 Å². The zero-order valence-electron chi connectivity index (χ0n) is 20.0. The summed E-state index contributed by atoms with van der Waals surface area (Å²) >= 11 is 7.21. The quantitative estimate of drug-likeness (QED) is 0.322. The third-order valence-corrected chi connectivity index (χ3v) is 7.39. The molecule has 186 valence electrons. The van der Waals surface area contributed by atoms with Crippen LogP contribution in [0, 0.1) is 6.92 Å². The molecule has 0 saturated carbocycles. The van der Waals surface area contributed by atoms with Gasteiger partial charge in [0.05, 0.1) is 37.6 Å². The van der Waals surface area contributed by atoms with Gasteiger partial charge >= 0.3 is 12.0 Å². The molecule has 2 aromatic carbocycles. The Morgan fingerprint density at radius 3 is 2.53 bits per heavy atom. The minimum absolute atomic E-state index is 0.195. The first-order chi connectivity index (χ1) is 17.3. The highest BCUT2D eigenvalue weighted by Crippen LogP contribution is 2.40. The zero-order chi connectivity index (χ0) is 25.8. The lowest BCUT2D eigenvalue weighted by molar-refractivity contribution is -0.138. The van der Waals surface area contributed by atoms with Gasteiger partial charge in [0, 0.05) is 26.9 Å². The van der Waals surface area contributed by atoms with Gasteiger partial charge < -0.3 is 14.8 Å². The summed E-state index contributed by atoms with van der Waals surface area (Å²) in [4.78, 5) is 32.9. The van der Waals surface area contributed by atoms with E-state index in [-0.39, 0.29) is 19.2 Å². The summed E-state index contributed by atoms with van der Waals surface area (Å²) in [5, 5.41) is 3.03. The molecule has 0 fully saturated rings. The van der Waals surface area contributed by atoms with Crippen LogP contribution in [0.3, 0.4) is 0 Å². The second-order valence-electron chi connectivity index (χ2n) is 8.16. The maximum atomic E-state index is 13.6. The van der Waals surface area contributed by atoms with Crippen molar-refractivity contribution in [1.29, 1.82) is 0 Å². The Labute approximate surface area is 226 Å². The van der Waals surface area contributed by atoms with E-state index >= 15 is 0 Å². The molecule has 36 heavy (non-hydrogen) atoms. The van der Waals surface area contributed by atoms with E-state index in [4.69, 9.17) is 9.47 Å². The van der Waals surface area contributed by atoms with Crippen LogP contribution in [0.5, 0.6) is 5.75 Å². The molecule has 9 heteroatoms. The molecule has 3 aromatic rings. The van der Waals surface area contributed by atoms with Gasteiger partial charge in [-0.25, -0.2) is 9.59 Å². The molecule has 4 rings (SSSR count). The summed E-state index contributed by atoms with van der Waals surface area (Å²) < 4.78 is 12.4. The molecule has 1 aromatic heterocycles. The van der Waals surface area contributed by atoms with E-state index in [0.29, 0.717) is 22.6 Å². The summed E-state index contributed by atoms with van der Waals surface area (Å²) in [5.41, 5.74) is 4.03. The van der Waals surface area contributed by atoms with E-state index in [9.17, 15) is 9.59 Å². The molecule has 0 bridgehead atoms. The first-order valence-corrected chi connectivity index (χ1v) is 12.9. The second kappa shape index (κ2) is 11.3. The number of ether oxygens (including phenoxy) is 2. The van der Waals surface area contributed by atoms with E-state index in [0.717, 1.165) is 25.6 Å². The average molecular weight is 615 g/mol. The Balaban J connectivity index is 1.93. The van der Waals surface area contributed by atoms with Gasteiger partial charge in [-0.15, -0.1) is 0 Å².